The lowest BCUT2D eigenvalue weighted by Gasteiger charge is -2.01. The number of fused-ring (bicyclic) bond motifs is 1. The van der Waals surface area contributed by atoms with Gasteiger partial charge in [-0.15, -0.1) is 0 Å². The smallest absolute Gasteiger partial charge is 0.178 e. The molecule has 0 bridgehead atoms. The van der Waals surface area contributed by atoms with Crippen LogP contribution >= 0.6 is 0 Å². The van der Waals surface area contributed by atoms with E-state index in [1.807, 2.05) is 0 Å². The molecule has 0 aliphatic rings. The number of nitrogen functional groups attached to an aromatic ring is 1. The van der Waals surface area contributed by atoms with Crippen molar-refractivity contribution in [1.82, 2.24) is 14.6 Å². The summed E-state index contributed by atoms with van der Waals surface area (Å²) in [5.74, 6) is 0.904. The Hall–Kier alpha value is -1.91. The van der Waals surface area contributed by atoms with E-state index in [1.54, 1.807) is 19.1 Å². The van der Waals surface area contributed by atoms with Crippen LogP contribution in [0, 0.1) is 6.92 Å². The summed E-state index contributed by atoms with van der Waals surface area (Å²) in [6.45, 7) is 3.23. The highest BCUT2D eigenvalue weighted by atomic mass is 16.1. The zero-order chi connectivity index (χ0) is 10.3. The largest absolute Gasteiger partial charge is 0.382 e. The average Bonchev–Trinajstić information content (AvgIpc) is 2.47. The zero-order valence-corrected chi connectivity index (χ0v) is 7.98. The third-order valence-corrected chi connectivity index (χ3v) is 2.01. The maximum Gasteiger partial charge on any atom is 0.178 e. The Morgan fingerprint density at radius 1 is 1.50 bits per heavy atom. The lowest BCUT2D eigenvalue weighted by molar-refractivity contribution is 0.101. The lowest BCUT2D eigenvalue weighted by atomic mass is 10.3. The van der Waals surface area contributed by atoms with Gasteiger partial charge < -0.3 is 5.73 Å². The molecule has 2 aromatic rings. The summed E-state index contributed by atoms with van der Waals surface area (Å²) in [4.78, 5) is 15.2. The van der Waals surface area contributed by atoms with Gasteiger partial charge in [0.1, 0.15) is 17.0 Å². The summed E-state index contributed by atoms with van der Waals surface area (Å²) in [7, 11) is 0. The summed E-state index contributed by atoms with van der Waals surface area (Å²) in [5, 5.41) is 4.12. The molecule has 2 rings (SSSR count). The maximum atomic E-state index is 11.2. The van der Waals surface area contributed by atoms with Crippen molar-refractivity contribution in [2.45, 2.75) is 13.8 Å². The van der Waals surface area contributed by atoms with E-state index in [-0.39, 0.29) is 5.78 Å². The Labute approximate surface area is 80.6 Å². The molecule has 0 aliphatic carbocycles. The number of aryl methyl sites for hydroxylation is 1. The molecule has 0 radical (unpaired) electrons. The quantitative estimate of drug-likeness (QED) is 0.676. The van der Waals surface area contributed by atoms with Gasteiger partial charge in [-0.25, -0.2) is 9.50 Å². The highest BCUT2D eigenvalue weighted by Crippen LogP contribution is 2.14. The van der Waals surface area contributed by atoms with Crippen LogP contribution in [0.2, 0.25) is 0 Å². The van der Waals surface area contributed by atoms with Gasteiger partial charge in [0, 0.05) is 6.92 Å². The Morgan fingerprint density at radius 2 is 2.21 bits per heavy atom. The molecule has 2 heterocycles. The number of nitrogens with two attached hydrogens (primary N) is 1. The molecule has 0 saturated heterocycles. The molecule has 0 aromatic carbocycles. The van der Waals surface area contributed by atoms with Gasteiger partial charge in [-0.1, -0.05) is 0 Å². The number of aromatic nitrogens is 3. The first kappa shape index (κ1) is 8.68. The van der Waals surface area contributed by atoms with Gasteiger partial charge in [-0.3, -0.25) is 4.79 Å². The molecule has 5 nitrogen and oxygen atoms in total. The molecule has 0 fully saturated rings. The van der Waals surface area contributed by atoms with Gasteiger partial charge in [-0.2, -0.15) is 5.10 Å². The normalized spacial score (nSPS) is 10.7. The molecule has 72 valence electrons. The minimum Gasteiger partial charge on any atom is -0.382 e. The number of carbonyl (C=O) groups is 1. The van der Waals surface area contributed by atoms with Crippen LogP contribution in [0.3, 0.4) is 0 Å². The average molecular weight is 190 g/mol. The van der Waals surface area contributed by atoms with Crippen LogP contribution in [-0.4, -0.2) is 20.4 Å². The van der Waals surface area contributed by atoms with E-state index in [2.05, 4.69) is 10.1 Å². The topological polar surface area (TPSA) is 73.3 Å². The molecule has 0 spiro atoms. The zero-order valence-electron chi connectivity index (χ0n) is 7.98. The van der Waals surface area contributed by atoms with E-state index < -0.39 is 0 Å². The van der Waals surface area contributed by atoms with Crippen molar-refractivity contribution in [2.24, 2.45) is 0 Å². The van der Waals surface area contributed by atoms with Crippen LogP contribution < -0.4 is 5.73 Å². The molecule has 2 aromatic heterocycles. The van der Waals surface area contributed by atoms with Crippen LogP contribution in [0.15, 0.2) is 12.1 Å². The lowest BCUT2D eigenvalue weighted by Crippen LogP contribution is -2.07. The number of carbonyl (C=O) groups excluding carboxylic acids is 1. The summed E-state index contributed by atoms with van der Waals surface area (Å²) >= 11 is 0. The Balaban J connectivity index is 2.85. The number of nitrogens with zero attached hydrogens (tertiary/aromatic N) is 3. The van der Waals surface area contributed by atoms with E-state index in [4.69, 9.17) is 5.73 Å². The molecular formula is C9H10N4O. The van der Waals surface area contributed by atoms with E-state index in [9.17, 15) is 4.79 Å². The molecule has 14 heavy (non-hydrogen) atoms. The predicted octanol–water partition coefficient (Wildman–Crippen LogP) is 0.823. The van der Waals surface area contributed by atoms with Gasteiger partial charge in [-0.05, 0) is 19.1 Å². The molecule has 0 atom stereocenters. The van der Waals surface area contributed by atoms with Gasteiger partial charge in [0.15, 0.2) is 11.6 Å². The second kappa shape index (κ2) is 2.80. The van der Waals surface area contributed by atoms with Gasteiger partial charge in [0.05, 0.1) is 0 Å². The van der Waals surface area contributed by atoms with Crippen LogP contribution in [0.4, 0.5) is 5.82 Å². The Kier molecular flexibility index (Phi) is 1.73. The van der Waals surface area contributed by atoms with Crippen molar-refractivity contribution in [3.05, 3.63) is 23.7 Å². The second-order valence-electron chi connectivity index (χ2n) is 3.12. The van der Waals surface area contributed by atoms with Crippen molar-refractivity contribution in [1.29, 1.82) is 0 Å². The number of anilines is 1. The van der Waals surface area contributed by atoms with Gasteiger partial charge >= 0.3 is 0 Å². The monoisotopic (exact) mass is 190 g/mol. The molecule has 0 unspecified atom stereocenters. The standard InChI is InChI=1S/C9H10N4O/c1-5(14)7-3-4-8-9(10)11-6(2)12-13(7)8/h3-4H,1-2H3,(H2,10,11,12). The molecular weight excluding hydrogens is 180 g/mol. The number of Topliss-reactive ketones (excluding diaryl/α,β-unsaturated/α-hetero) is 1. The minimum atomic E-state index is -0.0394. The summed E-state index contributed by atoms with van der Waals surface area (Å²) in [5.41, 5.74) is 6.88. The van der Waals surface area contributed by atoms with Crippen LogP contribution in [-0.2, 0) is 0 Å². The van der Waals surface area contributed by atoms with Crippen LogP contribution in [0.1, 0.15) is 23.2 Å². The number of hydrogen-bond donors (Lipinski definition) is 1. The Bertz CT molecular complexity index is 515. The number of hydrogen-bond acceptors (Lipinski definition) is 4. The van der Waals surface area contributed by atoms with E-state index in [0.29, 0.717) is 22.9 Å². The fraction of sp³-hybridized carbons (Fsp3) is 0.222. The summed E-state index contributed by atoms with van der Waals surface area (Å²) in [6, 6.07) is 3.44. The molecule has 0 saturated carbocycles. The molecule has 0 aliphatic heterocycles. The van der Waals surface area contributed by atoms with Crippen LogP contribution in [0.5, 0.6) is 0 Å². The molecule has 0 amide bonds. The Morgan fingerprint density at radius 3 is 2.86 bits per heavy atom. The highest BCUT2D eigenvalue weighted by Gasteiger charge is 2.10. The molecule has 5 heteroatoms. The number of ketones is 1. The third kappa shape index (κ3) is 1.14. The van der Waals surface area contributed by atoms with E-state index in [0.717, 1.165) is 0 Å². The van der Waals surface area contributed by atoms with Gasteiger partial charge in [0.25, 0.3) is 0 Å². The first-order valence-electron chi connectivity index (χ1n) is 4.22. The number of rotatable bonds is 1. The fourth-order valence-electron chi connectivity index (χ4n) is 1.40. The van der Waals surface area contributed by atoms with Crippen molar-refractivity contribution < 1.29 is 4.79 Å². The minimum absolute atomic E-state index is 0.0394. The van der Waals surface area contributed by atoms with Crippen molar-refractivity contribution in [2.75, 3.05) is 5.73 Å². The first-order valence-corrected chi connectivity index (χ1v) is 4.22. The van der Waals surface area contributed by atoms with Crippen molar-refractivity contribution in [3.8, 4) is 0 Å². The maximum absolute atomic E-state index is 11.2. The summed E-state index contributed by atoms with van der Waals surface area (Å²) < 4.78 is 1.53. The summed E-state index contributed by atoms with van der Waals surface area (Å²) in [6.07, 6.45) is 0. The van der Waals surface area contributed by atoms with Crippen LogP contribution in [0.25, 0.3) is 5.52 Å². The highest BCUT2D eigenvalue weighted by molar-refractivity contribution is 5.94. The van der Waals surface area contributed by atoms with E-state index >= 15 is 0 Å². The fourth-order valence-corrected chi connectivity index (χ4v) is 1.40. The SMILES string of the molecule is CC(=O)c1ccc2c(N)nc(C)nn12. The first-order chi connectivity index (χ1) is 6.59. The second-order valence-corrected chi connectivity index (χ2v) is 3.12. The van der Waals surface area contributed by atoms with Crippen molar-refractivity contribution >= 4 is 17.1 Å². The van der Waals surface area contributed by atoms with Gasteiger partial charge in [0.2, 0.25) is 0 Å². The third-order valence-electron chi connectivity index (χ3n) is 2.01. The molecule has 2 N–H and O–H groups in total. The van der Waals surface area contributed by atoms with E-state index in [1.165, 1.54) is 11.4 Å². The van der Waals surface area contributed by atoms with Crippen molar-refractivity contribution in [3.63, 3.8) is 0 Å². The predicted molar refractivity (Wildman–Crippen MR) is 52.1 cm³/mol.